The SMILES string of the molecule is CC(=O)Nc1ccc2oc(-c3ccnc(C(=O)N4CCN([C@@H](/C(N)=N/NN)c5ccccc5)CC4)c3)nc2c1. The van der Waals surface area contributed by atoms with Gasteiger partial charge in [-0.15, -0.1) is 5.10 Å². The van der Waals surface area contributed by atoms with Gasteiger partial charge < -0.3 is 20.4 Å². The average Bonchev–Trinajstić information content (AvgIpc) is 3.37. The third-order valence-electron chi connectivity index (χ3n) is 6.49. The molecule has 1 aliphatic rings. The smallest absolute Gasteiger partial charge is 0.272 e. The lowest BCUT2D eigenvalue weighted by Crippen LogP contribution is -2.52. The summed E-state index contributed by atoms with van der Waals surface area (Å²) in [5, 5.41) is 6.74. The van der Waals surface area contributed by atoms with E-state index < -0.39 is 0 Å². The van der Waals surface area contributed by atoms with Crippen molar-refractivity contribution in [1.82, 2.24) is 25.3 Å². The molecule has 0 unspecified atom stereocenters. The second-order valence-corrected chi connectivity index (χ2v) is 9.12. The van der Waals surface area contributed by atoms with Gasteiger partial charge in [0, 0.05) is 50.6 Å². The summed E-state index contributed by atoms with van der Waals surface area (Å²) in [6.45, 7) is 3.61. The minimum atomic E-state index is -0.272. The van der Waals surface area contributed by atoms with Crippen molar-refractivity contribution in [3.8, 4) is 11.5 Å². The lowest BCUT2D eigenvalue weighted by atomic mass is 10.0. The number of oxazole rings is 1. The number of amidine groups is 1. The highest BCUT2D eigenvalue weighted by Crippen LogP contribution is 2.27. The third-order valence-corrected chi connectivity index (χ3v) is 6.49. The van der Waals surface area contributed by atoms with Crippen LogP contribution in [0.3, 0.4) is 0 Å². The number of carbonyl (C=O) groups is 2. The van der Waals surface area contributed by atoms with E-state index >= 15 is 0 Å². The largest absolute Gasteiger partial charge is 0.436 e. The molecule has 1 atom stereocenters. The van der Waals surface area contributed by atoms with E-state index in [4.69, 9.17) is 16.0 Å². The molecule has 0 radical (unpaired) electrons. The van der Waals surface area contributed by atoms with Crippen molar-refractivity contribution in [1.29, 1.82) is 0 Å². The lowest BCUT2D eigenvalue weighted by molar-refractivity contribution is -0.114. The van der Waals surface area contributed by atoms with Crippen LogP contribution in [0.25, 0.3) is 22.6 Å². The minimum absolute atomic E-state index is 0.170. The molecule has 2 aromatic heterocycles. The van der Waals surface area contributed by atoms with Gasteiger partial charge in [-0.1, -0.05) is 30.3 Å². The number of carbonyl (C=O) groups excluding carboxylic acids is 2. The number of hydrogen-bond donors (Lipinski definition) is 4. The normalized spacial score (nSPS) is 15.2. The van der Waals surface area contributed by atoms with Crippen LogP contribution in [0.4, 0.5) is 5.69 Å². The van der Waals surface area contributed by atoms with Crippen LogP contribution in [-0.4, -0.2) is 63.6 Å². The first-order chi connectivity index (χ1) is 18.9. The predicted octanol–water partition coefficient (Wildman–Crippen LogP) is 2.08. The van der Waals surface area contributed by atoms with E-state index in [0.29, 0.717) is 65.9 Å². The molecular weight excluding hydrogens is 498 g/mol. The number of nitrogens with one attached hydrogen (secondary N) is 2. The van der Waals surface area contributed by atoms with Gasteiger partial charge in [0.05, 0.1) is 6.04 Å². The fourth-order valence-corrected chi connectivity index (χ4v) is 4.70. The van der Waals surface area contributed by atoms with Gasteiger partial charge in [-0.3, -0.25) is 19.5 Å². The Balaban J connectivity index is 1.30. The van der Waals surface area contributed by atoms with Crippen LogP contribution in [0.2, 0.25) is 0 Å². The zero-order valence-corrected chi connectivity index (χ0v) is 21.4. The van der Waals surface area contributed by atoms with Gasteiger partial charge in [-0.25, -0.2) is 16.4 Å². The van der Waals surface area contributed by atoms with E-state index in [2.05, 4.69) is 30.8 Å². The molecular formula is C27H29N9O3. The quantitative estimate of drug-likeness (QED) is 0.122. The summed E-state index contributed by atoms with van der Waals surface area (Å²) in [7, 11) is 0. The van der Waals surface area contributed by atoms with Crippen molar-refractivity contribution in [3.05, 3.63) is 78.1 Å². The number of hydrogen-bond acceptors (Lipinski definition) is 9. The number of amides is 2. The number of hydrazone groups is 1. The Hall–Kier alpha value is -4.81. The van der Waals surface area contributed by atoms with Gasteiger partial charge in [0.25, 0.3) is 5.91 Å². The molecule has 4 aromatic rings. The predicted molar refractivity (Wildman–Crippen MR) is 147 cm³/mol. The minimum Gasteiger partial charge on any atom is -0.436 e. The van der Waals surface area contributed by atoms with Gasteiger partial charge in [-0.2, -0.15) is 0 Å². The summed E-state index contributed by atoms with van der Waals surface area (Å²) < 4.78 is 5.90. The van der Waals surface area contributed by atoms with Gasteiger partial charge in [0.2, 0.25) is 11.8 Å². The van der Waals surface area contributed by atoms with Gasteiger partial charge >= 0.3 is 0 Å². The van der Waals surface area contributed by atoms with Gasteiger partial charge in [0.15, 0.2) is 5.58 Å². The Labute approximate surface area is 224 Å². The van der Waals surface area contributed by atoms with Crippen LogP contribution in [0, 0.1) is 0 Å². The maximum Gasteiger partial charge on any atom is 0.272 e. The van der Waals surface area contributed by atoms with Crippen molar-refractivity contribution in [2.45, 2.75) is 13.0 Å². The topological polar surface area (TPSA) is 168 Å². The van der Waals surface area contributed by atoms with Crippen molar-refractivity contribution >= 4 is 34.4 Å². The molecule has 0 spiro atoms. The number of hydrazine groups is 1. The first-order valence-electron chi connectivity index (χ1n) is 12.4. The molecule has 3 heterocycles. The number of piperazine rings is 1. The maximum atomic E-state index is 13.4. The molecule has 1 fully saturated rings. The van der Waals surface area contributed by atoms with Gasteiger partial charge in [0.1, 0.15) is 17.0 Å². The Kier molecular flexibility index (Phi) is 7.48. The van der Waals surface area contributed by atoms with E-state index in [9.17, 15) is 9.59 Å². The first-order valence-corrected chi connectivity index (χ1v) is 12.4. The van der Waals surface area contributed by atoms with Crippen LogP contribution in [-0.2, 0) is 4.79 Å². The number of fused-ring (bicyclic) bond motifs is 1. The number of aromatic nitrogens is 2. The fraction of sp³-hybridized carbons (Fsp3) is 0.222. The molecule has 6 N–H and O–H groups in total. The molecule has 1 aliphatic heterocycles. The second kappa shape index (κ2) is 11.3. The van der Waals surface area contributed by atoms with Crippen LogP contribution in [0.1, 0.15) is 29.0 Å². The molecule has 12 heteroatoms. The Morgan fingerprint density at radius 3 is 2.54 bits per heavy atom. The average molecular weight is 528 g/mol. The fourth-order valence-electron chi connectivity index (χ4n) is 4.70. The molecule has 0 saturated carbocycles. The molecule has 0 aliphatic carbocycles. The van der Waals surface area contributed by atoms with Crippen LogP contribution in [0.5, 0.6) is 0 Å². The number of rotatable bonds is 7. The van der Waals surface area contributed by atoms with Crippen LogP contribution in [0.15, 0.2) is 76.4 Å². The zero-order chi connectivity index (χ0) is 27.4. The standard InChI is InChI=1S/C27H29N9O3/c1-17(37)31-20-7-8-23-21(16-20)32-26(39-23)19-9-10-30-22(15-19)27(38)36-13-11-35(12-14-36)24(25(28)33-34-29)18-5-3-2-4-6-18/h2-10,15-16,24,34H,11-14,29H2,1H3,(H2,28,33)(H,31,37)/t24-/m1/s1. The van der Waals surface area contributed by atoms with E-state index in [1.165, 1.54) is 6.92 Å². The molecule has 39 heavy (non-hydrogen) atoms. The molecule has 5 rings (SSSR count). The summed E-state index contributed by atoms with van der Waals surface area (Å²) in [5.41, 5.74) is 12.2. The Morgan fingerprint density at radius 2 is 1.82 bits per heavy atom. The van der Waals surface area contributed by atoms with Gasteiger partial charge in [-0.05, 0) is 35.9 Å². The van der Waals surface area contributed by atoms with Crippen LogP contribution < -0.4 is 22.4 Å². The second-order valence-electron chi connectivity index (χ2n) is 9.12. The monoisotopic (exact) mass is 527 g/mol. The highest BCUT2D eigenvalue weighted by atomic mass is 16.3. The zero-order valence-electron chi connectivity index (χ0n) is 21.4. The Bertz CT molecular complexity index is 1510. The molecule has 2 aromatic carbocycles. The molecule has 0 bridgehead atoms. The summed E-state index contributed by atoms with van der Waals surface area (Å²) in [6.07, 6.45) is 1.57. The lowest BCUT2D eigenvalue weighted by Gasteiger charge is -2.39. The molecule has 1 saturated heterocycles. The molecule has 12 nitrogen and oxygen atoms in total. The number of anilines is 1. The summed E-state index contributed by atoms with van der Waals surface area (Å²) >= 11 is 0. The Morgan fingerprint density at radius 1 is 1.05 bits per heavy atom. The highest BCUT2D eigenvalue weighted by Gasteiger charge is 2.30. The van der Waals surface area contributed by atoms with Crippen molar-refractivity contribution < 1.29 is 14.0 Å². The summed E-state index contributed by atoms with van der Waals surface area (Å²) in [6, 6.07) is 18.2. The third kappa shape index (κ3) is 5.71. The van der Waals surface area contributed by atoms with Crippen molar-refractivity contribution in [3.63, 3.8) is 0 Å². The molecule has 2 amide bonds. The number of nitrogens with zero attached hydrogens (tertiary/aromatic N) is 5. The number of nitrogens with two attached hydrogens (primary N) is 2. The van der Waals surface area contributed by atoms with E-state index in [0.717, 1.165) is 5.56 Å². The summed E-state index contributed by atoms with van der Waals surface area (Å²) in [4.78, 5) is 37.5. The van der Waals surface area contributed by atoms with Crippen molar-refractivity contribution in [2.24, 2.45) is 16.7 Å². The maximum absolute atomic E-state index is 13.4. The first kappa shape index (κ1) is 25.8. The van der Waals surface area contributed by atoms with Crippen LogP contribution >= 0.6 is 0 Å². The highest BCUT2D eigenvalue weighted by molar-refractivity contribution is 5.94. The number of benzene rings is 2. The molecule has 200 valence electrons. The number of pyridine rings is 1. The summed E-state index contributed by atoms with van der Waals surface area (Å²) in [5.74, 6) is 5.74. The van der Waals surface area contributed by atoms with E-state index in [1.54, 1.807) is 41.4 Å². The van der Waals surface area contributed by atoms with E-state index in [1.807, 2.05) is 30.3 Å². The van der Waals surface area contributed by atoms with E-state index in [-0.39, 0.29) is 17.9 Å². The van der Waals surface area contributed by atoms with Crippen molar-refractivity contribution in [2.75, 3.05) is 31.5 Å².